The minimum Gasteiger partial charge on any atom is -0.467 e. The number of amides is 1. The number of nitrogens with one attached hydrogen (secondary N) is 1. The first-order chi connectivity index (χ1) is 15.5. The SMILES string of the molecule is O=C(NCc1ccco1)C1CCCN(S(=O)(=O)c2cc(-c3noc(C4CCC4)n3)cs2)C1. The third-order valence-corrected chi connectivity index (χ3v) is 9.38. The summed E-state index contributed by atoms with van der Waals surface area (Å²) in [6, 6.07) is 5.13. The Kier molecular flexibility index (Phi) is 5.87. The van der Waals surface area contributed by atoms with Gasteiger partial charge in [-0.15, -0.1) is 11.3 Å². The molecule has 1 saturated heterocycles. The first-order valence-corrected chi connectivity index (χ1v) is 13.1. The monoisotopic (exact) mass is 476 g/mol. The molecule has 32 heavy (non-hydrogen) atoms. The van der Waals surface area contributed by atoms with Crippen LogP contribution in [-0.4, -0.2) is 41.9 Å². The van der Waals surface area contributed by atoms with Crippen molar-refractivity contribution in [2.45, 2.75) is 48.8 Å². The Balaban J connectivity index is 1.25. The molecule has 1 saturated carbocycles. The number of piperidine rings is 1. The molecule has 9 nitrogen and oxygen atoms in total. The smallest absolute Gasteiger partial charge is 0.252 e. The highest BCUT2D eigenvalue weighted by atomic mass is 32.2. The van der Waals surface area contributed by atoms with Gasteiger partial charge in [-0.25, -0.2) is 8.42 Å². The summed E-state index contributed by atoms with van der Waals surface area (Å²) >= 11 is 1.14. The zero-order chi connectivity index (χ0) is 22.1. The topological polar surface area (TPSA) is 119 Å². The molecule has 0 bridgehead atoms. The average molecular weight is 477 g/mol. The number of thiophene rings is 1. The van der Waals surface area contributed by atoms with Crippen LogP contribution in [0.3, 0.4) is 0 Å². The van der Waals surface area contributed by atoms with Gasteiger partial charge >= 0.3 is 0 Å². The van der Waals surface area contributed by atoms with Crippen molar-refractivity contribution < 1.29 is 22.2 Å². The van der Waals surface area contributed by atoms with Crippen LogP contribution < -0.4 is 5.32 Å². The van der Waals surface area contributed by atoms with Crippen LogP contribution >= 0.6 is 11.3 Å². The molecule has 0 radical (unpaired) electrons. The van der Waals surface area contributed by atoms with Gasteiger partial charge in [0.1, 0.15) is 9.97 Å². The number of carbonyl (C=O) groups excluding carboxylic acids is 1. The summed E-state index contributed by atoms with van der Waals surface area (Å²) in [6.07, 6.45) is 6.10. The first-order valence-electron chi connectivity index (χ1n) is 10.7. The molecule has 1 atom stereocenters. The van der Waals surface area contributed by atoms with Gasteiger partial charge in [0, 0.05) is 30.0 Å². The van der Waals surface area contributed by atoms with Crippen molar-refractivity contribution in [1.82, 2.24) is 19.8 Å². The number of furan rings is 1. The fourth-order valence-corrected chi connectivity index (χ4v) is 6.81. The summed E-state index contributed by atoms with van der Waals surface area (Å²) in [6.45, 7) is 0.843. The molecular formula is C21H24N4O5S2. The van der Waals surface area contributed by atoms with Gasteiger partial charge in [0.2, 0.25) is 17.6 Å². The Morgan fingerprint density at radius 2 is 2.16 bits per heavy atom. The quantitative estimate of drug-likeness (QED) is 0.555. The van der Waals surface area contributed by atoms with E-state index in [-0.39, 0.29) is 23.2 Å². The lowest BCUT2D eigenvalue weighted by Gasteiger charge is -2.30. The Labute approximate surface area is 189 Å². The zero-order valence-corrected chi connectivity index (χ0v) is 19.0. The number of rotatable bonds is 7. The number of nitrogens with zero attached hydrogens (tertiary/aromatic N) is 3. The minimum atomic E-state index is -3.71. The highest BCUT2D eigenvalue weighted by molar-refractivity contribution is 7.91. The maximum absolute atomic E-state index is 13.2. The van der Waals surface area contributed by atoms with Gasteiger partial charge in [0.25, 0.3) is 10.0 Å². The minimum absolute atomic E-state index is 0.160. The van der Waals surface area contributed by atoms with Gasteiger partial charge in [-0.05, 0) is 43.9 Å². The van der Waals surface area contributed by atoms with E-state index in [9.17, 15) is 13.2 Å². The Bertz CT molecular complexity index is 1180. The molecule has 1 unspecified atom stereocenters. The number of hydrogen-bond donors (Lipinski definition) is 1. The second kappa shape index (κ2) is 8.80. The molecule has 0 spiro atoms. The molecule has 2 fully saturated rings. The van der Waals surface area contributed by atoms with E-state index in [4.69, 9.17) is 8.94 Å². The lowest BCUT2D eigenvalue weighted by molar-refractivity contribution is -0.126. The van der Waals surface area contributed by atoms with Crippen molar-refractivity contribution in [3.63, 3.8) is 0 Å². The van der Waals surface area contributed by atoms with E-state index in [2.05, 4.69) is 15.5 Å². The first kappa shape index (κ1) is 21.4. The molecule has 2 aliphatic rings. The molecule has 1 amide bonds. The standard InChI is InChI=1S/C21H24N4O5S2/c26-20(22-11-17-7-3-9-29-17)15-6-2-8-25(12-15)32(27,28)18-10-16(13-31-18)19-23-21(30-24-19)14-4-1-5-14/h3,7,9-10,13-15H,1-2,4-6,8,11-12H2,(H,22,26). The van der Waals surface area contributed by atoms with Crippen molar-refractivity contribution in [3.05, 3.63) is 41.5 Å². The third-order valence-electron chi connectivity index (χ3n) is 6.10. The summed E-state index contributed by atoms with van der Waals surface area (Å²) < 4.78 is 38.7. The molecule has 4 heterocycles. The number of carbonyl (C=O) groups is 1. The predicted octanol–water partition coefficient (Wildman–Crippen LogP) is 3.38. The van der Waals surface area contributed by atoms with E-state index in [1.54, 1.807) is 29.8 Å². The molecule has 0 aromatic carbocycles. The molecular weight excluding hydrogens is 452 g/mol. The molecule has 3 aromatic rings. The Morgan fingerprint density at radius 3 is 2.91 bits per heavy atom. The van der Waals surface area contributed by atoms with Crippen molar-refractivity contribution in [1.29, 1.82) is 0 Å². The molecule has 170 valence electrons. The van der Waals surface area contributed by atoms with Crippen LogP contribution in [0.1, 0.15) is 49.7 Å². The van der Waals surface area contributed by atoms with Crippen molar-refractivity contribution in [3.8, 4) is 11.4 Å². The largest absolute Gasteiger partial charge is 0.467 e. The van der Waals surface area contributed by atoms with Crippen LogP contribution in [0.15, 0.2) is 43.0 Å². The van der Waals surface area contributed by atoms with E-state index in [1.165, 1.54) is 10.7 Å². The van der Waals surface area contributed by atoms with Crippen LogP contribution in [0, 0.1) is 5.92 Å². The Hall–Kier alpha value is -2.50. The van der Waals surface area contributed by atoms with Gasteiger partial charge in [-0.1, -0.05) is 11.6 Å². The maximum Gasteiger partial charge on any atom is 0.252 e. The zero-order valence-electron chi connectivity index (χ0n) is 17.4. The van der Waals surface area contributed by atoms with Crippen molar-refractivity contribution >= 4 is 27.3 Å². The van der Waals surface area contributed by atoms with Gasteiger partial charge in [-0.3, -0.25) is 4.79 Å². The number of aromatic nitrogens is 2. The molecule has 11 heteroatoms. The van der Waals surface area contributed by atoms with Crippen LogP contribution in [-0.2, 0) is 21.4 Å². The highest BCUT2D eigenvalue weighted by Crippen LogP contribution is 2.37. The summed E-state index contributed by atoms with van der Waals surface area (Å²) in [5.74, 6) is 1.47. The van der Waals surface area contributed by atoms with Crippen LogP contribution in [0.25, 0.3) is 11.4 Å². The number of sulfonamides is 1. The van der Waals surface area contributed by atoms with Crippen molar-refractivity contribution in [2.24, 2.45) is 5.92 Å². The number of hydrogen-bond acceptors (Lipinski definition) is 8. The molecule has 1 aliphatic carbocycles. The summed E-state index contributed by atoms with van der Waals surface area (Å²) in [5, 5.41) is 8.60. The Morgan fingerprint density at radius 1 is 1.28 bits per heavy atom. The van der Waals surface area contributed by atoms with Gasteiger partial charge in [-0.2, -0.15) is 9.29 Å². The van der Waals surface area contributed by atoms with Gasteiger partial charge in [0.05, 0.1) is 18.7 Å². The second-order valence-corrected chi connectivity index (χ2v) is 11.3. The summed E-state index contributed by atoms with van der Waals surface area (Å²) in [5.41, 5.74) is 0.632. The van der Waals surface area contributed by atoms with E-state index in [0.717, 1.165) is 24.2 Å². The second-order valence-electron chi connectivity index (χ2n) is 8.24. The third kappa shape index (κ3) is 4.24. The molecule has 1 aliphatic heterocycles. The molecule has 3 aromatic heterocycles. The normalized spacial score (nSPS) is 20.2. The van der Waals surface area contributed by atoms with Crippen LogP contribution in [0.2, 0.25) is 0 Å². The average Bonchev–Trinajstić information content (AvgIpc) is 3.52. The maximum atomic E-state index is 13.2. The summed E-state index contributed by atoms with van der Waals surface area (Å²) in [7, 11) is -3.71. The highest BCUT2D eigenvalue weighted by Gasteiger charge is 2.34. The van der Waals surface area contributed by atoms with Crippen molar-refractivity contribution in [2.75, 3.05) is 13.1 Å². The van der Waals surface area contributed by atoms with E-state index in [1.807, 2.05) is 0 Å². The molecule has 5 rings (SSSR count). The van der Waals surface area contributed by atoms with E-state index < -0.39 is 15.9 Å². The van der Waals surface area contributed by atoms with E-state index >= 15 is 0 Å². The lowest BCUT2D eigenvalue weighted by Crippen LogP contribution is -2.45. The van der Waals surface area contributed by atoms with Gasteiger partial charge in [0.15, 0.2) is 0 Å². The van der Waals surface area contributed by atoms with Crippen LogP contribution in [0.4, 0.5) is 0 Å². The fourth-order valence-electron chi connectivity index (χ4n) is 3.98. The fraction of sp³-hybridized carbons (Fsp3) is 0.476. The lowest BCUT2D eigenvalue weighted by atomic mass is 9.85. The predicted molar refractivity (Wildman–Crippen MR) is 116 cm³/mol. The van der Waals surface area contributed by atoms with Crippen LogP contribution in [0.5, 0.6) is 0 Å². The van der Waals surface area contributed by atoms with Gasteiger partial charge < -0.3 is 14.3 Å². The molecule has 1 N–H and O–H groups in total. The summed E-state index contributed by atoms with van der Waals surface area (Å²) in [4.78, 5) is 17.0. The van der Waals surface area contributed by atoms with E-state index in [0.29, 0.717) is 48.3 Å².